The van der Waals surface area contributed by atoms with E-state index in [1.54, 1.807) is 0 Å². The van der Waals surface area contributed by atoms with Crippen molar-refractivity contribution < 1.29 is 33.3 Å². The highest BCUT2D eigenvalue weighted by Crippen LogP contribution is 2.46. The van der Waals surface area contributed by atoms with Crippen LogP contribution in [0.2, 0.25) is 5.02 Å². The van der Waals surface area contributed by atoms with Crippen LogP contribution in [0.3, 0.4) is 0 Å². The van der Waals surface area contributed by atoms with Gasteiger partial charge in [-0.3, -0.25) is 9.59 Å². The third-order valence-corrected chi connectivity index (χ3v) is 7.75. The molecule has 0 radical (unpaired) electrons. The molecule has 1 aliphatic heterocycles. The lowest BCUT2D eigenvalue weighted by molar-refractivity contribution is -0.163. The summed E-state index contributed by atoms with van der Waals surface area (Å²) in [6, 6.07) is 14.1. The van der Waals surface area contributed by atoms with Gasteiger partial charge >= 0.3 is 11.9 Å². The molecule has 2 fully saturated rings. The van der Waals surface area contributed by atoms with Crippen LogP contribution < -0.4 is 4.74 Å². The lowest BCUT2D eigenvalue weighted by Gasteiger charge is -2.29. The van der Waals surface area contributed by atoms with E-state index in [0.29, 0.717) is 42.4 Å². The molecule has 1 saturated heterocycles. The van der Waals surface area contributed by atoms with Gasteiger partial charge in [-0.15, -0.1) is 0 Å². The first-order valence-electron chi connectivity index (χ1n) is 13.3. The van der Waals surface area contributed by atoms with Crippen LogP contribution >= 0.6 is 11.6 Å². The van der Waals surface area contributed by atoms with Gasteiger partial charge in [0.1, 0.15) is 24.6 Å². The Morgan fingerprint density at radius 3 is 2.32 bits per heavy atom. The minimum atomic E-state index is -0.582. The Hall–Kier alpha value is -2.61. The van der Waals surface area contributed by atoms with Crippen LogP contribution in [0.1, 0.15) is 50.8 Å². The molecule has 0 spiro atoms. The number of hydrogen-bond acceptors (Lipinski definition) is 7. The van der Waals surface area contributed by atoms with E-state index in [2.05, 4.69) is 18.2 Å². The molecule has 2 aliphatic rings. The molecule has 0 amide bonds. The molecule has 2 unspecified atom stereocenters. The number of esters is 2. The zero-order valence-corrected chi connectivity index (χ0v) is 23.2. The van der Waals surface area contributed by atoms with E-state index in [0.717, 1.165) is 35.7 Å². The Labute approximate surface area is 229 Å². The molecular formula is C30H37ClO7. The van der Waals surface area contributed by atoms with Gasteiger partial charge in [0.25, 0.3) is 0 Å². The predicted octanol–water partition coefficient (Wildman–Crippen LogP) is 5.38. The molecule has 5 atom stereocenters. The second kappa shape index (κ2) is 13.0. The van der Waals surface area contributed by atoms with E-state index >= 15 is 0 Å². The van der Waals surface area contributed by atoms with Gasteiger partial charge in [-0.05, 0) is 47.7 Å². The summed E-state index contributed by atoms with van der Waals surface area (Å²) >= 11 is 6.53. The predicted molar refractivity (Wildman–Crippen MR) is 143 cm³/mol. The molecule has 0 N–H and O–H groups in total. The number of carbonyl (C=O) groups excluding carboxylic acids is 2. The molecule has 2 aromatic rings. The standard InChI is InChI=1S/C30H37ClO7/c1-5-28(18(2)29(37-20(4)33)17-35-19(3)32)36-14-22-8-11-27(31)23(13-22)12-21-6-9-24(10-7-21)38-30-25-15-34-16-26(25)30/h6-11,13,18,25-26,28-30H,5,12,14-17H2,1-4H3/t18-,25?,26?,28-,29-,30?/m1/s1. The smallest absolute Gasteiger partial charge is 0.303 e. The molecule has 0 aromatic heterocycles. The molecule has 7 nitrogen and oxygen atoms in total. The number of halogens is 1. The van der Waals surface area contributed by atoms with Crippen LogP contribution in [0.4, 0.5) is 0 Å². The van der Waals surface area contributed by atoms with Gasteiger partial charge < -0.3 is 23.7 Å². The van der Waals surface area contributed by atoms with E-state index in [-0.39, 0.29) is 18.6 Å². The molecule has 1 aliphatic carbocycles. The molecule has 0 bridgehead atoms. The van der Waals surface area contributed by atoms with Crippen molar-refractivity contribution in [3.8, 4) is 5.75 Å². The summed E-state index contributed by atoms with van der Waals surface area (Å²) in [6.07, 6.45) is 0.922. The lowest BCUT2D eigenvalue weighted by Crippen LogP contribution is -2.37. The van der Waals surface area contributed by atoms with Gasteiger partial charge in [0.2, 0.25) is 0 Å². The van der Waals surface area contributed by atoms with E-state index in [1.807, 2.05) is 38.1 Å². The van der Waals surface area contributed by atoms with Crippen molar-refractivity contribution in [1.29, 1.82) is 0 Å². The Morgan fingerprint density at radius 2 is 1.68 bits per heavy atom. The molecule has 1 saturated carbocycles. The van der Waals surface area contributed by atoms with E-state index in [4.69, 9.17) is 35.3 Å². The molecule has 206 valence electrons. The molecule has 8 heteroatoms. The maximum atomic E-state index is 11.6. The van der Waals surface area contributed by atoms with Gasteiger partial charge in [-0.25, -0.2) is 0 Å². The molecule has 2 aromatic carbocycles. The Bertz CT molecular complexity index is 1090. The summed E-state index contributed by atoms with van der Waals surface area (Å²) in [5, 5.41) is 0.705. The van der Waals surface area contributed by atoms with Crippen LogP contribution in [0.5, 0.6) is 5.75 Å². The fourth-order valence-corrected chi connectivity index (χ4v) is 5.25. The van der Waals surface area contributed by atoms with Crippen molar-refractivity contribution in [3.63, 3.8) is 0 Å². The Morgan fingerprint density at radius 1 is 1.00 bits per heavy atom. The third kappa shape index (κ3) is 7.49. The topological polar surface area (TPSA) is 80.3 Å². The SMILES string of the molecule is CC[C@@H](OCc1ccc(Cl)c(Cc2ccc(OC3C4COCC43)cc2)c1)[C@@H](C)[C@@H](COC(C)=O)OC(C)=O. The second-order valence-corrected chi connectivity index (χ2v) is 10.7. The van der Waals surface area contributed by atoms with E-state index in [9.17, 15) is 9.59 Å². The third-order valence-electron chi connectivity index (χ3n) is 7.38. The first-order chi connectivity index (χ1) is 18.2. The normalized spacial score (nSPS) is 22.2. The van der Waals surface area contributed by atoms with Crippen LogP contribution in [-0.4, -0.2) is 50.1 Å². The highest BCUT2D eigenvalue weighted by molar-refractivity contribution is 6.31. The summed E-state index contributed by atoms with van der Waals surface area (Å²) in [5.41, 5.74) is 3.16. The van der Waals surface area contributed by atoms with Gasteiger partial charge in [0.15, 0.2) is 0 Å². The minimum absolute atomic E-state index is 0.00109. The monoisotopic (exact) mass is 544 g/mol. The van der Waals surface area contributed by atoms with Crippen LogP contribution in [-0.2, 0) is 41.6 Å². The molecule has 4 rings (SSSR count). The summed E-state index contributed by atoms with van der Waals surface area (Å²) in [5.74, 6) is 0.987. The fraction of sp³-hybridized carbons (Fsp3) is 0.533. The largest absolute Gasteiger partial charge is 0.490 e. The van der Waals surface area contributed by atoms with Crippen LogP contribution in [0, 0.1) is 17.8 Å². The molecule has 38 heavy (non-hydrogen) atoms. The highest BCUT2D eigenvalue weighted by Gasteiger charge is 2.56. The number of ether oxygens (including phenoxy) is 5. The van der Waals surface area contributed by atoms with Crippen LogP contribution in [0.15, 0.2) is 42.5 Å². The maximum Gasteiger partial charge on any atom is 0.303 e. The van der Waals surface area contributed by atoms with E-state index < -0.39 is 18.0 Å². The van der Waals surface area contributed by atoms with Crippen molar-refractivity contribution >= 4 is 23.5 Å². The fourth-order valence-electron chi connectivity index (χ4n) is 5.07. The number of carbonyl (C=O) groups is 2. The minimum Gasteiger partial charge on any atom is -0.490 e. The summed E-state index contributed by atoms with van der Waals surface area (Å²) in [4.78, 5) is 22.9. The molecular weight excluding hydrogens is 508 g/mol. The van der Waals surface area contributed by atoms with Crippen LogP contribution in [0.25, 0.3) is 0 Å². The van der Waals surface area contributed by atoms with Crippen molar-refractivity contribution in [2.45, 2.75) is 65.5 Å². The molecule has 1 heterocycles. The second-order valence-electron chi connectivity index (χ2n) is 10.3. The zero-order valence-electron chi connectivity index (χ0n) is 22.5. The summed E-state index contributed by atoms with van der Waals surface area (Å²) < 4.78 is 28.3. The average Bonchev–Trinajstić information content (AvgIpc) is 3.29. The van der Waals surface area contributed by atoms with Gasteiger partial charge in [-0.1, -0.05) is 49.7 Å². The zero-order chi connectivity index (χ0) is 27.2. The Kier molecular flexibility index (Phi) is 9.69. The van der Waals surface area contributed by atoms with Gasteiger partial charge in [0, 0.05) is 36.6 Å². The number of hydrogen-bond donors (Lipinski definition) is 0. The number of rotatable bonds is 13. The van der Waals surface area contributed by atoms with Crippen molar-refractivity contribution in [1.82, 2.24) is 0 Å². The number of benzene rings is 2. The van der Waals surface area contributed by atoms with Crippen molar-refractivity contribution in [2.24, 2.45) is 17.8 Å². The first kappa shape index (κ1) is 28.4. The highest BCUT2D eigenvalue weighted by atomic mass is 35.5. The van der Waals surface area contributed by atoms with Gasteiger partial charge in [-0.2, -0.15) is 0 Å². The maximum absolute atomic E-state index is 11.6. The Balaban J connectivity index is 1.33. The van der Waals surface area contributed by atoms with Gasteiger partial charge in [0.05, 0.1) is 25.9 Å². The summed E-state index contributed by atoms with van der Waals surface area (Å²) in [6.45, 7) is 8.64. The van der Waals surface area contributed by atoms with Crippen molar-refractivity contribution in [3.05, 3.63) is 64.2 Å². The lowest BCUT2D eigenvalue weighted by atomic mass is 9.96. The van der Waals surface area contributed by atoms with E-state index in [1.165, 1.54) is 13.8 Å². The number of fused-ring (bicyclic) bond motifs is 1. The quantitative estimate of drug-likeness (QED) is 0.313. The first-order valence-corrected chi connectivity index (χ1v) is 13.7. The van der Waals surface area contributed by atoms with Crippen molar-refractivity contribution in [2.75, 3.05) is 19.8 Å². The summed E-state index contributed by atoms with van der Waals surface area (Å²) in [7, 11) is 0. The average molecular weight is 545 g/mol.